The molecule has 0 radical (unpaired) electrons. The summed E-state index contributed by atoms with van der Waals surface area (Å²) < 4.78 is 0. The zero-order valence-corrected chi connectivity index (χ0v) is 11.6. The molecule has 17 heavy (non-hydrogen) atoms. The monoisotopic (exact) mass is 257 g/mol. The Balaban J connectivity index is 1.92. The topological polar surface area (TPSA) is 29.1 Å². The standard InChI is InChI=1S/C14H24ClNO/c1-11-6-8-14(10-15,9-7-11)16-13(17)12-4-2-3-5-12/h11-12H,2-10H2,1H3,(H,16,17). The average Bonchev–Trinajstić information content (AvgIpc) is 2.86. The quantitative estimate of drug-likeness (QED) is 0.771. The first kappa shape index (κ1) is 13.2. The van der Waals surface area contributed by atoms with E-state index in [0.29, 0.717) is 5.88 Å². The number of amides is 1. The molecule has 0 aromatic heterocycles. The fourth-order valence-electron chi connectivity index (χ4n) is 3.16. The largest absolute Gasteiger partial charge is 0.349 e. The average molecular weight is 258 g/mol. The molecule has 0 bridgehead atoms. The first-order valence-electron chi connectivity index (χ1n) is 7.03. The summed E-state index contributed by atoms with van der Waals surface area (Å²) in [7, 11) is 0. The molecular weight excluding hydrogens is 234 g/mol. The number of carbonyl (C=O) groups is 1. The summed E-state index contributed by atoms with van der Waals surface area (Å²) in [6.45, 7) is 2.29. The number of alkyl halides is 1. The van der Waals surface area contributed by atoms with Crippen molar-refractivity contribution in [1.29, 1.82) is 0 Å². The van der Waals surface area contributed by atoms with Gasteiger partial charge in [0.2, 0.25) is 5.91 Å². The van der Waals surface area contributed by atoms with Gasteiger partial charge >= 0.3 is 0 Å². The van der Waals surface area contributed by atoms with Crippen LogP contribution in [0.1, 0.15) is 58.3 Å². The van der Waals surface area contributed by atoms with Crippen molar-refractivity contribution in [3.05, 3.63) is 0 Å². The Morgan fingerprint density at radius 2 is 1.82 bits per heavy atom. The minimum absolute atomic E-state index is 0.103. The second-order valence-corrected chi connectivity index (χ2v) is 6.33. The van der Waals surface area contributed by atoms with Gasteiger partial charge in [0.05, 0.1) is 5.54 Å². The van der Waals surface area contributed by atoms with Gasteiger partial charge in [-0.2, -0.15) is 0 Å². The molecule has 2 saturated carbocycles. The van der Waals surface area contributed by atoms with E-state index in [4.69, 9.17) is 11.6 Å². The molecule has 98 valence electrons. The molecule has 0 atom stereocenters. The fraction of sp³-hybridized carbons (Fsp3) is 0.929. The third-order valence-corrected chi connectivity index (χ3v) is 5.11. The molecule has 3 heteroatoms. The smallest absolute Gasteiger partial charge is 0.223 e. The zero-order valence-electron chi connectivity index (χ0n) is 10.8. The summed E-state index contributed by atoms with van der Waals surface area (Å²) in [5.74, 6) is 1.87. The van der Waals surface area contributed by atoms with E-state index < -0.39 is 0 Å². The molecule has 0 saturated heterocycles. The molecule has 1 amide bonds. The molecule has 2 aliphatic carbocycles. The van der Waals surface area contributed by atoms with E-state index in [1.807, 2.05) is 0 Å². The Kier molecular flexibility index (Phi) is 4.35. The molecule has 2 nitrogen and oxygen atoms in total. The number of hydrogen-bond acceptors (Lipinski definition) is 1. The molecule has 0 aromatic carbocycles. The van der Waals surface area contributed by atoms with Crippen LogP contribution < -0.4 is 5.32 Å². The molecule has 2 fully saturated rings. The molecule has 0 spiro atoms. The van der Waals surface area contributed by atoms with Crippen molar-refractivity contribution in [2.45, 2.75) is 63.8 Å². The maximum absolute atomic E-state index is 12.2. The maximum atomic E-state index is 12.2. The summed E-state index contributed by atoms with van der Waals surface area (Å²) in [6, 6.07) is 0. The van der Waals surface area contributed by atoms with Gasteiger partial charge in [0.15, 0.2) is 0 Å². The van der Waals surface area contributed by atoms with Gasteiger partial charge in [0.1, 0.15) is 0 Å². The first-order chi connectivity index (χ1) is 8.15. The number of halogens is 1. The van der Waals surface area contributed by atoms with Crippen LogP contribution in [-0.4, -0.2) is 17.3 Å². The first-order valence-corrected chi connectivity index (χ1v) is 7.57. The minimum Gasteiger partial charge on any atom is -0.349 e. The highest BCUT2D eigenvalue weighted by Gasteiger charge is 2.36. The van der Waals surface area contributed by atoms with E-state index in [0.717, 1.165) is 31.6 Å². The van der Waals surface area contributed by atoms with E-state index in [9.17, 15) is 4.79 Å². The highest BCUT2D eigenvalue weighted by molar-refractivity contribution is 6.18. The third kappa shape index (κ3) is 3.15. The van der Waals surface area contributed by atoms with Gasteiger partial charge in [0, 0.05) is 11.8 Å². The summed E-state index contributed by atoms with van der Waals surface area (Å²) in [5.41, 5.74) is -0.103. The Morgan fingerprint density at radius 3 is 2.35 bits per heavy atom. The summed E-state index contributed by atoms with van der Waals surface area (Å²) >= 11 is 6.12. The van der Waals surface area contributed by atoms with Gasteiger partial charge < -0.3 is 5.32 Å². The lowest BCUT2D eigenvalue weighted by Crippen LogP contribution is -2.53. The van der Waals surface area contributed by atoms with Crippen molar-refractivity contribution < 1.29 is 4.79 Å². The lowest BCUT2D eigenvalue weighted by Gasteiger charge is -2.39. The van der Waals surface area contributed by atoms with Crippen LogP contribution in [0.25, 0.3) is 0 Å². The zero-order chi connectivity index (χ0) is 12.3. The lowest BCUT2D eigenvalue weighted by atomic mass is 9.78. The predicted molar refractivity (Wildman–Crippen MR) is 71.2 cm³/mol. The van der Waals surface area contributed by atoms with Crippen LogP contribution in [0.3, 0.4) is 0 Å². The summed E-state index contributed by atoms with van der Waals surface area (Å²) in [5, 5.41) is 3.27. The maximum Gasteiger partial charge on any atom is 0.223 e. The molecule has 0 aliphatic heterocycles. The van der Waals surface area contributed by atoms with E-state index in [-0.39, 0.29) is 17.4 Å². The molecule has 2 rings (SSSR count). The van der Waals surface area contributed by atoms with Crippen molar-refractivity contribution in [3.8, 4) is 0 Å². The van der Waals surface area contributed by atoms with E-state index in [1.165, 1.54) is 25.7 Å². The molecule has 0 heterocycles. The summed E-state index contributed by atoms with van der Waals surface area (Å²) in [4.78, 5) is 12.2. The fourth-order valence-corrected chi connectivity index (χ4v) is 3.49. The Morgan fingerprint density at radius 1 is 1.24 bits per heavy atom. The van der Waals surface area contributed by atoms with Gasteiger partial charge in [-0.05, 0) is 44.4 Å². The van der Waals surface area contributed by atoms with E-state index in [2.05, 4.69) is 12.2 Å². The van der Waals surface area contributed by atoms with Gasteiger partial charge in [-0.1, -0.05) is 19.8 Å². The van der Waals surface area contributed by atoms with Crippen LogP contribution in [0, 0.1) is 11.8 Å². The van der Waals surface area contributed by atoms with Gasteiger partial charge in [0.25, 0.3) is 0 Å². The van der Waals surface area contributed by atoms with Crippen LogP contribution in [0.2, 0.25) is 0 Å². The number of carbonyl (C=O) groups excluding carboxylic acids is 1. The van der Waals surface area contributed by atoms with Crippen LogP contribution in [-0.2, 0) is 4.79 Å². The van der Waals surface area contributed by atoms with Crippen molar-refractivity contribution in [2.24, 2.45) is 11.8 Å². The van der Waals surface area contributed by atoms with Crippen LogP contribution >= 0.6 is 11.6 Å². The summed E-state index contributed by atoms with van der Waals surface area (Å²) in [6.07, 6.45) is 9.05. The third-order valence-electron chi connectivity index (χ3n) is 4.60. The number of rotatable bonds is 3. The molecular formula is C14H24ClNO. The minimum atomic E-state index is -0.103. The molecule has 0 unspecified atom stereocenters. The predicted octanol–water partition coefficient (Wildman–Crippen LogP) is 3.48. The van der Waals surface area contributed by atoms with Gasteiger partial charge in [-0.15, -0.1) is 11.6 Å². The second kappa shape index (κ2) is 5.60. The van der Waals surface area contributed by atoms with Crippen molar-refractivity contribution >= 4 is 17.5 Å². The molecule has 0 aromatic rings. The molecule has 1 N–H and O–H groups in total. The number of nitrogens with one attached hydrogen (secondary N) is 1. The SMILES string of the molecule is CC1CCC(CCl)(NC(=O)C2CCCC2)CC1. The van der Waals surface area contributed by atoms with Gasteiger partial charge in [-0.25, -0.2) is 0 Å². The van der Waals surface area contributed by atoms with E-state index in [1.54, 1.807) is 0 Å². The highest BCUT2D eigenvalue weighted by Crippen LogP contribution is 2.34. The van der Waals surface area contributed by atoms with Crippen LogP contribution in [0.15, 0.2) is 0 Å². The van der Waals surface area contributed by atoms with Crippen LogP contribution in [0.4, 0.5) is 0 Å². The van der Waals surface area contributed by atoms with E-state index >= 15 is 0 Å². The van der Waals surface area contributed by atoms with Crippen molar-refractivity contribution in [1.82, 2.24) is 5.32 Å². The lowest BCUT2D eigenvalue weighted by molar-refractivity contribution is -0.127. The number of hydrogen-bond donors (Lipinski definition) is 1. The van der Waals surface area contributed by atoms with Crippen molar-refractivity contribution in [3.63, 3.8) is 0 Å². The van der Waals surface area contributed by atoms with Crippen molar-refractivity contribution in [2.75, 3.05) is 5.88 Å². The van der Waals surface area contributed by atoms with Gasteiger partial charge in [-0.3, -0.25) is 4.79 Å². The highest BCUT2D eigenvalue weighted by atomic mass is 35.5. The van der Waals surface area contributed by atoms with Crippen LogP contribution in [0.5, 0.6) is 0 Å². The normalized spacial score (nSPS) is 34.8. The Hall–Kier alpha value is -0.240. The Bertz CT molecular complexity index is 265. The second-order valence-electron chi connectivity index (χ2n) is 6.07. The molecule has 2 aliphatic rings. The Labute approximate surface area is 109 Å².